The number of methoxy groups -OCH3 is 1. The lowest BCUT2D eigenvalue weighted by Crippen LogP contribution is -2.57. The van der Waals surface area contributed by atoms with Crippen LogP contribution in [0.25, 0.3) is 0 Å². The first-order valence-electron chi connectivity index (χ1n) is 11.3. The molecule has 1 heterocycles. The summed E-state index contributed by atoms with van der Waals surface area (Å²) in [7, 11) is -0.455. The number of rotatable bonds is 8. The highest BCUT2D eigenvalue weighted by atomic mass is 32.2. The molecule has 33 heavy (non-hydrogen) atoms. The Kier molecular flexibility index (Phi) is 8.27. The third-order valence-electron chi connectivity index (χ3n) is 6.63. The van der Waals surface area contributed by atoms with Crippen molar-refractivity contribution in [2.75, 3.05) is 45.7 Å². The molecule has 2 aliphatic rings. The van der Waals surface area contributed by atoms with E-state index in [9.17, 15) is 23.3 Å². The van der Waals surface area contributed by atoms with Gasteiger partial charge in [-0.25, -0.2) is 0 Å². The third-order valence-corrected chi connectivity index (χ3v) is 8.67. The third kappa shape index (κ3) is 5.81. The topological polar surface area (TPSA) is 125 Å². The number of anilines is 1. The Morgan fingerprint density at radius 2 is 1.85 bits per heavy atom. The second-order valence-electron chi connectivity index (χ2n) is 8.56. The van der Waals surface area contributed by atoms with Gasteiger partial charge in [0.25, 0.3) is 15.9 Å². The zero-order chi connectivity index (χ0) is 24.2. The predicted molar refractivity (Wildman–Crippen MR) is 124 cm³/mol. The van der Waals surface area contributed by atoms with Gasteiger partial charge in [-0.3, -0.25) is 19.8 Å². The van der Waals surface area contributed by atoms with Crippen LogP contribution in [0.2, 0.25) is 0 Å². The van der Waals surface area contributed by atoms with E-state index in [2.05, 4.69) is 5.32 Å². The largest absolute Gasteiger partial charge is 0.495 e. The summed E-state index contributed by atoms with van der Waals surface area (Å²) in [6, 6.07) is 3.51. The van der Waals surface area contributed by atoms with Crippen LogP contribution in [0.15, 0.2) is 18.2 Å². The zero-order valence-electron chi connectivity index (χ0n) is 19.4. The molecule has 3 rings (SSSR count). The number of hydrogen-bond donors (Lipinski definition) is 1. The molecular weight excluding hydrogens is 450 g/mol. The summed E-state index contributed by atoms with van der Waals surface area (Å²) in [5.41, 5.74) is 0.0681. The van der Waals surface area contributed by atoms with Gasteiger partial charge in [-0.1, -0.05) is 19.3 Å². The molecule has 1 amide bonds. The molecular formula is C21H33N5O6S. The number of amides is 1. The highest BCUT2D eigenvalue weighted by molar-refractivity contribution is 7.86. The molecule has 1 aromatic rings. The smallest absolute Gasteiger partial charge is 0.282 e. The van der Waals surface area contributed by atoms with Crippen molar-refractivity contribution in [3.63, 3.8) is 0 Å². The quantitative estimate of drug-likeness (QED) is 0.443. The van der Waals surface area contributed by atoms with Crippen LogP contribution < -0.4 is 10.1 Å². The van der Waals surface area contributed by atoms with Gasteiger partial charge in [0.15, 0.2) is 0 Å². The lowest BCUT2D eigenvalue weighted by atomic mass is 9.96. The highest BCUT2D eigenvalue weighted by Gasteiger charge is 2.36. The number of non-ortho nitro benzene ring substituents is 1. The Morgan fingerprint density at radius 1 is 1.21 bits per heavy atom. The lowest BCUT2D eigenvalue weighted by molar-refractivity contribution is -0.384. The number of ether oxygens (including phenoxy) is 1. The Hall–Kier alpha value is -2.28. The number of nitro groups is 1. The van der Waals surface area contributed by atoms with Crippen LogP contribution in [-0.4, -0.2) is 85.2 Å². The molecule has 184 valence electrons. The minimum Gasteiger partial charge on any atom is -0.495 e. The van der Waals surface area contributed by atoms with Crippen molar-refractivity contribution >= 4 is 27.5 Å². The second kappa shape index (κ2) is 10.8. The standard InChI is InChI=1S/C21H33N5O6S/c1-16(21(27)22-19-15-18(26(28)29)9-10-20(19)32-3)24-11-13-25(14-12-24)33(30,31)23(2)17-7-5-4-6-8-17/h9-10,15-17H,4-8,11-14H2,1-3H3,(H,22,27). The molecule has 1 aliphatic carbocycles. The monoisotopic (exact) mass is 483 g/mol. The number of piperazine rings is 1. The first-order valence-corrected chi connectivity index (χ1v) is 12.6. The lowest BCUT2D eigenvalue weighted by Gasteiger charge is -2.40. The number of carbonyl (C=O) groups is 1. The van der Waals surface area contributed by atoms with Crippen molar-refractivity contribution in [1.29, 1.82) is 0 Å². The summed E-state index contributed by atoms with van der Waals surface area (Å²) in [4.78, 5) is 25.3. The zero-order valence-corrected chi connectivity index (χ0v) is 20.2. The average Bonchev–Trinajstić information content (AvgIpc) is 2.83. The fraction of sp³-hybridized carbons (Fsp3) is 0.667. The summed E-state index contributed by atoms with van der Waals surface area (Å²) in [6.45, 7) is 3.17. The Bertz CT molecular complexity index is 958. The van der Waals surface area contributed by atoms with Crippen molar-refractivity contribution < 1.29 is 22.9 Å². The van der Waals surface area contributed by atoms with Gasteiger partial charge in [0, 0.05) is 51.4 Å². The van der Waals surface area contributed by atoms with Crippen molar-refractivity contribution in [1.82, 2.24) is 13.5 Å². The van der Waals surface area contributed by atoms with Crippen molar-refractivity contribution in [3.05, 3.63) is 28.3 Å². The first kappa shape index (κ1) is 25.3. The number of hydrogen-bond acceptors (Lipinski definition) is 7. The molecule has 1 unspecified atom stereocenters. The summed E-state index contributed by atoms with van der Waals surface area (Å²) >= 11 is 0. The van der Waals surface area contributed by atoms with Gasteiger partial charge in [-0.05, 0) is 25.8 Å². The van der Waals surface area contributed by atoms with Crippen LogP contribution in [0.5, 0.6) is 5.75 Å². The van der Waals surface area contributed by atoms with Crippen molar-refractivity contribution in [2.45, 2.75) is 51.1 Å². The van der Waals surface area contributed by atoms with Crippen LogP contribution in [0.3, 0.4) is 0 Å². The van der Waals surface area contributed by atoms with Gasteiger partial charge in [0.2, 0.25) is 5.91 Å². The Balaban J connectivity index is 1.60. The fourth-order valence-electron chi connectivity index (χ4n) is 4.45. The predicted octanol–water partition coefficient (Wildman–Crippen LogP) is 2.06. The molecule has 1 atom stereocenters. The molecule has 11 nitrogen and oxygen atoms in total. The molecule has 0 spiro atoms. The summed E-state index contributed by atoms with van der Waals surface area (Å²) in [5.74, 6) is -0.0211. The molecule has 1 N–H and O–H groups in total. The maximum absolute atomic E-state index is 13.1. The molecule has 1 aromatic carbocycles. The van der Waals surface area contributed by atoms with Gasteiger partial charge in [0.1, 0.15) is 5.75 Å². The molecule has 12 heteroatoms. The van der Waals surface area contributed by atoms with E-state index in [1.54, 1.807) is 14.0 Å². The summed E-state index contributed by atoms with van der Waals surface area (Å²) in [5, 5.41) is 13.8. The van der Waals surface area contributed by atoms with E-state index in [1.807, 2.05) is 4.90 Å². The van der Waals surface area contributed by atoms with E-state index in [1.165, 1.54) is 33.9 Å². The van der Waals surface area contributed by atoms with E-state index in [0.29, 0.717) is 31.9 Å². The molecule has 1 saturated carbocycles. The summed E-state index contributed by atoms with van der Waals surface area (Å²) < 4.78 is 34.4. The van der Waals surface area contributed by atoms with E-state index < -0.39 is 21.2 Å². The number of carbonyl (C=O) groups excluding carboxylic acids is 1. The van der Waals surface area contributed by atoms with Crippen molar-refractivity contribution in [2.24, 2.45) is 0 Å². The minimum atomic E-state index is -3.54. The van der Waals surface area contributed by atoms with Gasteiger partial charge >= 0.3 is 0 Å². The first-order chi connectivity index (χ1) is 15.6. The number of benzene rings is 1. The maximum Gasteiger partial charge on any atom is 0.282 e. The van der Waals surface area contributed by atoms with Gasteiger partial charge < -0.3 is 10.1 Å². The second-order valence-corrected chi connectivity index (χ2v) is 10.5. The van der Waals surface area contributed by atoms with Gasteiger partial charge in [-0.15, -0.1) is 0 Å². The number of nitro benzene ring substituents is 1. The van der Waals surface area contributed by atoms with Crippen LogP contribution in [-0.2, 0) is 15.0 Å². The normalized spacial score (nSPS) is 19.9. The minimum absolute atomic E-state index is 0.0522. The molecule has 1 saturated heterocycles. The van der Waals surface area contributed by atoms with Gasteiger partial charge in [-0.2, -0.15) is 17.0 Å². The molecule has 2 fully saturated rings. The average molecular weight is 484 g/mol. The summed E-state index contributed by atoms with van der Waals surface area (Å²) in [6.07, 6.45) is 5.06. The van der Waals surface area contributed by atoms with Crippen LogP contribution in [0.1, 0.15) is 39.0 Å². The maximum atomic E-state index is 13.1. The highest BCUT2D eigenvalue weighted by Crippen LogP contribution is 2.29. The number of nitrogens with zero attached hydrogens (tertiary/aromatic N) is 4. The van der Waals surface area contributed by atoms with E-state index in [0.717, 1.165) is 32.1 Å². The molecule has 0 bridgehead atoms. The van der Waals surface area contributed by atoms with Crippen LogP contribution in [0, 0.1) is 10.1 Å². The fourth-order valence-corrected chi connectivity index (χ4v) is 6.02. The van der Waals surface area contributed by atoms with Crippen LogP contribution in [0.4, 0.5) is 11.4 Å². The van der Waals surface area contributed by atoms with Gasteiger partial charge in [0.05, 0.1) is 23.8 Å². The van der Waals surface area contributed by atoms with E-state index in [4.69, 9.17) is 4.74 Å². The molecule has 0 aromatic heterocycles. The number of nitrogens with one attached hydrogen (secondary N) is 1. The molecule has 0 radical (unpaired) electrons. The molecule has 1 aliphatic heterocycles. The van der Waals surface area contributed by atoms with Crippen LogP contribution >= 0.6 is 0 Å². The Morgan fingerprint density at radius 3 is 2.42 bits per heavy atom. The Labute approximate surface area is 195 Å². The SMILES string of the molecule is COc1ccc([N+](=O)[O-])cc1NC(=O)C(C)N1CCN(S(=O)(=O)N(C)C2CCCCC2)CC1. The van der Waals surface area contributed by atoms with E-state index >= 15 is 0 Å². The van der Waals surface area contributed by atoms with E-state index in [-0.39, 0.29) is 23.3 Å². The van der Waals surface area contributed by atoms with Crippen molar-refractivity contribution in [3.8, 4) is 5.75 Å².